The van der Waals surface area contributed by atoms with Gasteiger partial charge in [0.05, 0.1) is 5.69 Å². The molecule has 1 aromatic heterocycles. The molecule has 0 atom stereocenters. The predicted molar refractivity (Wildman–Crippen MR) is 102 cm³/mol. The molecule has 0 saturated heterocycles. The molecule has 4 rings (SSSR count). The van der Waals surface area contributed by atoms with Gasteiger partial charge in [-0.2, -0.15) is 11.3 Å². The first-order chi connectivity index (χ1) is 12.2. The van der Waals surface area contributed by atoms with Gasteiger partial charge in [-0.3, -0.25) is 9.59 Å². The number of amides is 2. The average Bonchev–Trinajstić information content (AvgIpc) is 3.13. The lowest BCUT2D eigenvalue weighted by atomic mass is 9.91. The Hall–Kier alpha value is -2.98. The van der Waals surface area contributed by atoms with E-state index >= 15 is 0 Å². The molecular weight excluding hydrogens is 330 g/mol. The van der Waals surface area contributed by atoms with E-state index in [9.17, 15) is 9.59 Å². The lowest BCUT2D eigenvalue weighted by molar-refractivity contribution is -0.112. The number of thiophene rings is 1. The summed E-state index contributed by atoms with van der Waals surface area (Å²) in [7, 11) is 0. The number of para-hydroxylation sites is 1. The van der Waals surface area contributed by atoms with Crippen LogP contribution in [0.25, 0.3) is 11.6 Å². The minimum Gasteiger partial charge on any atom is -0.268 e. The fourth-order valence-electron chi connectivity index (χ4n) is 3.05. The van der Waals surface area contributed by atoms with Crippen molar-refractivity contribution in [3.8, 4) is 0 Å². The molecule has 4 heteroatoms. The van der Waals surface area contributed by atoms with Crippen molar-refractivity contribution in [3.63, 3.8) is 0 Å². The van der Waals surface area contributed by atoms with Crippen LogP contribution < -0.4 is 4.90 Å². The van der Waals surface area contributed by atoms with Gasteiger partial charge in [0.2, 0.25) is 0 Å². The van der Waals surface area contributed by atoms with Crippen molar-refractivity contribution in [2.75, 3.05) is 4.90 Å². The monoisotopic (exact) mass is 345 g/mol. The summed E-state index contributed by atoms with van der Waals surface area (Å²) in [6, 6.07) is 16.7. The summed E-state index contributed by atoms with van der Waals surface area (Å²) in [5, 5.41) is 3.95. The number of hydrogen-bond acceptors (Lipinski definition) is 3. The molecule has 0 bridgehead atoms. The first kappa shape index (κ1) is 15.5. The zero-order chi connectivity index (χ0) is 17.4. The Bertz CT molecular complexity index is 1000. The first-order valence-corrected chi connectivity index (χ1v) is 8.89. The third kappa shape index (κ3) is 2.61. The SMILES string of the molecule is Cc1ccccc1N1C(=O)/C(=C/c2ccsc2)c2ccccc2C1=O. The van der Waals surface area contributed by atoms with E-state index in [0.29, 0.717) is 22.4 Å². The van der Waals surface area contributed by atoms with Gasteiger partial charge >= 0.3 is 0 Å². The van der Waals surface area contributed by atoms with Crippen molar-refractivity contribution in [1.82, 2.24) is 0 Å². The van der Waals surface area contributed by atoms with Gasteiger partial charge in [-0.05, 0) is 58.6 Å². The molecule has 1 aliphatic rings. The summed E-state index contributed by atoms with van der Waals surface area (Å²) in [5.41, 5.74) is 4.25. The summed E-state index contributed by atoms with van der Waals surface area (Å²) < 4.78 is 0. The quantitative estimate of drug-likeness (QED) is 0.495. The van der Waals surface area contributed by atoms with Gasteiger partial charge in [-0.25, -0.2) is 4.90 Å². The number of carbonyl (C=O) groups is 2. The molecule has 2 amide bonds. The van der Waals surface area contributed by atoms with E-state index in [1.807, 2.05) is 66.2 Å². The molecule has 122 valence electrons. The molecule has 0 radical (unpaired) electrons. The average molecular weight is 345 g/mol. The van der Waals surface area contributed by atoms with Gasteiger partial charge in [0, 0.05) is 11.1 Å². The van der Waals surface area contributed by atoms with Crippen LogP contribution in [0.3, 0.4) is 0 Å². The summed E-state index contributed by atoms with van der Waals surface area (Å²) >= 11 is 1.57. The second kappa shape index (κ2) is 6.15. The number of anilines is 1. The number of carbonyl (C=O) groups excluding carboxylic acids is 2. The van der Waals surface area contributed by atoms with Gasteiger partial charge in [-0.15, -0.1) is 0 Å². The van der Waals surface area contributed by atoms with Crippen molar-refractivity contribution < 1.29 is 9.59 Å². The van der Waals surface area contributed by atoms with E-state index in [2.05, 4.69) is 0 Å². The zero-order valence-corrected chi connectivity index (χ0v) is 14.4. The maximum absolute atomic E-state index is 13.2. The van der Waals surface area contributed by atoms with Crippen LogP contribution in [0.2, 0.25) is 0 Å². The summed E-state index contributed by atoms with van der Waals surface area (Å²) in [6.45, 7) is 1.90. The molecule has 2 heterocycles. The van der Waals surface area contributed by atoms with E-state index in [4.69, 9.17) is 0 Å². The maximum atomic E-state index is 13.2. The molecule has 25 heavy (non-hydrogen) atoms. The molecule has 3 aromatic rings. The van der Waals surface area contributed by atoms with Crippen molar-refractivity contribution in [3.05, 3.63) is 87.6 Å². The Morgan fingerprint density at radius 3 is 2.32 bits per heavy atom. The highest BCUT2D eigenvalue weighted by molar-refractivity contribution is 7.08. The van der Waals surface area contributed by atoms with Crippen LogP contribution in [-0.4, -0.2) is 11.8 Å². The van der Waals surface area contributed by atoms with Crippen LogP contribution >= 0.6 is 11.3 Å². The standard InChI is InChI=1S/C21H15NO2S/c1-14-6-2-5-9-19(14)22-20(23)17-8-4-3-7-16(17)18(21(22)24)12-15-10-11-25-13-15/h2-13H,1H3/b18-12+. The Morgan fingerprint density at radius 1 is 0.880 bits per heavy atom. The highest BCUT2D eigenvalue weighted by atomic mass is 32.1. The van der Waals surface area contributed by atoms with Crippen molar-refractivity contribution in [1.29, 1.82) is 0 Å². The summed E-state index contributed by atoms with van der Waals surface area (Å²) in [6.07, 6.45) is 1.86. The lowest BCUT2D eigenvalue weighted by Gasteiger charge is -2.29. The van der Waals surface area contributed by atoms with Crippen molar-refractivity contribution >= 4 is 40.5 Å². The van der Waals surface area contributed by atoms with E-state index in [1.54, 1.807) is 23.5 Å². The van der Waals surface area contributed by atoms with Gasteiger partial charge in [-0.1, -0.05) is 36.4 Å². The number of nitrogens with zero attached hydrogens (tertiary/aromatic N) is 1. The minimum atomic E-state index is -0.288. The van der Waals surface area contributed by atoms with E-state index < -0.39 is 0 Å². The van der Waals surface area contributed by atoms with Crippen LogP contribution in [0.4, 0.5) is 5.69 Å². The minimum absolute atomic E-state index is 0.280. The Morgan fingerprint density at radius 2 is 1.60 bits per heavy atom. The van der Waals surface area contributed by atoms with Gasteiger partial charge in [0.1, 0.15) is 0 Å². The second-order valence-electron chi connectivity index (χ2n) is 5.89. The molecule has 0 saturated carbocycles. The molecule has 0 unspecified atom stereocenters. The predicted octanol–water partition coefficient (Wildman–Crippen LogP) is 4.78. The molecule has 0 aliphatic carbocycles. The number of hydrogen-bond donors (Lipinski definition) is 0. The number of imide groups is 1. The normalized spacial score (nSPS) is 15.6. The van der Waals surface area contributed by atoms with Gasteiger partial charge in [0.25, 0.3) is 11.8 Å². The van der Waals surface area contributed by atoms with E-state index in [1.165, 1.54) is 4.90 Å². The smallest absolute Gasteiger partial charge is 0.265 e. The summed E-state index contributed by atoms with van der Waals surface area (Å²) in [5.74, 6) is -0.568. The van der Waals surface area contributed by atoms with Crippen LogP contribution in [-0.2, 0) is 4.79 Å². The Kier molecular flexibility index (Phi) is 3.82. The third-order valence-corrected chi connectivity index (χ3v) is 5.00. The number of benzene rings is 2. The number of rotatable bonds is 2. The van der Waals surface area contributed by atoms with Crippen LogP contribution in [0, 0.1) is 6.92 Å². The number of aryl methyl sites for hydroxylation is 1. The molecule has 0 N–H and O–H groups in total. The van der Waals surface area contributed by atoms with Crippen LogP contribution in [0.5, 0.6) is 0 Å². The van der Waals surface area contributed by atoms with Crippen LogP contribution in [0.15, 0.2) is 65.4 Å². The first-order valence-electron chi connectivity index (χ1n) is 7.94. The highest BCUT2D eigenvalue weighted by Crippen LogP contribution is 2.34. The Labute approximate surface area is 149 Å². The van der Waals surface area contributed by atoms with E-state index in [0.717, 1.165) is 11.1 Å². The molecule has 2 aromatic carbocycles. The zero-order valence-electron chi connectivity index (χ0n) is 13.6. The fourth-order valence-corrected chi connectivity index (χ4v) is 3.67. The maximum Gasteiger partial charge on any atom is 0.265 e. The number of fused-ring (bicyclic) bond motifs is 1. The third-order valence-electron chi connectivity index (χ3n) is 4.29. The van der Waals surface area contributed by atoms with Crippen molar-refractivity contribution in [2.24, 2.45) is 0 Å². The Balaban J connectivity index is 1.94. The van der Waals surface area contributed by atoms with Gasteiger partial charge < -0.3 is 0 Å². The lowest BCUT2D eigenvalue weighted by Crippen LogP contribution is -2.42. The molecule has 1 aliphatic heterocycles. The summed E-state index contributed by atoms with van der Waals surface area (Å²) in [4.78, 5) is 27.5. The van der Waals surface area contributed by atoms with Crippen molar-refractivity contribution in [2.45, 2.75) is 6.92 Å². The molecule has 3 nitrogen and oxygen atoms in total. The fraction of sp³-hybridized carbons (Fsp3) is 0.0476. The molecular formula is C21H15NO2S. The molecule has 0 fully saturated rings. The highest BCUT2D eigenvalue weighted by Gasteiger charge is 2.36. The van der Waals surface area contributed by atoms with Crippen LogP contribution in [0.1, 0.15) is 27.0 Å². The van der Waals surface area contributed by atoms with E-state index in [-0.39, 0.29) is 11.8 Å². The van der Waals surface area contributed by atoms with Gasteiger partial charge in [0.15, 0.2) is 0 Å². The topological polar surface area (TPSA) is 37.4 Å². The molecule has 0 spiro atoms. The second-order valence-corrected chi connectivity index (χ2v) is 6.67. The largest absolute Gasteiger partial charge is 0.268 e.